The molecule has 42 heavy (non-hydrogen) atoms. The quantitative estimate of drug-likeness (QED) is 0.259. The number of aryl methyl sites for hydroxylation is 1. The van der Waals surface area contributed by atoms with Crippen LogP contribution in [0.4, 0.5) is 16.0 Å². The smallest absolute Gasteiger partial charge is 0.268 e. The van der Waals surface area contributed by atoms with Crippen molar-refractivity contribution in [1.82, 2.24) is 14.9 Å². The second-order valence-electron chi connectivity index (χ2n) is 9.70. The molecule has 0 aliphatic carbocycles. The molecule has 0 fully saturated rings. The van der Waals surface area contributed by atoms with E-state index in [2.05, 4.69) is 15.6 Å². The Labute approximate surface area is 244 Å². The summed E-state index contributed by atoms with van der Waals surface area (Å²) in [5, 5.41) is 14.7. The number of carbonyl (C=O) groups is 3. The minimum absolute atomic E-state index is 0.0190. The van der Waals surface area contributed by atoms with E-state index in [0.29, 0.717) is 38.3 Å². The number of primary amides is 1. The number of allylic oxidation sites excluding steroid dienone is 2. The van der Waals surface area contributed by atoms with Crippen molar-refractivity contribution >= 4 is 57.3 Å². The number of hydrogen-bond acceptors (Lipinski definition) is 7. The zero-order valence-electron chi connectivity index (χ0n) is 22.7. The van der Waals surface area contributed by atoms with Gasteiger partial charge in [0, 0.05) is 42.2 Å². The molecule has 0 bridgehead atoms. The first kappa shape index (κ1) is 28.3. The lowest BCUT2D eigenvalue weighted by Gasteiger charge is -2.17. The molecule has 1 aliphatic heterocycles. The molecule has 4 aromatic rings. The van der Waals surface area contributed by atoms with Crippen LogP contribution in [0.2, 0.25) is 0 Å². The molecule has 212 valence electrons. The zero-order valence-corrected chi connectivity index (χ0v) is 23.5. The fourth-order valence-corrected chi connectivity index (χ4v) is 5.49. The first-order valence-corrected chi connectivity index (χ1v) is 13.8. The average molecular weight is 584 g/mol. The summed E-state index contributed by atoms with van der Waals surface area (Å²) in [5.41, 5.74) is 8.47. The van der Waals surface area contributed by atoms with Crippen LogP contribution in [-0.4, -0.2) is 40.4 Å². The molecule has 5 rings (SSSR count). The highest BCUT2D eigenvalue weighted by Crippen LogP contribution is 2.30. The maximum atomic E-state index is 13.9. The van der Waals surface area contributed by atoms with Gasteiger partial charge in [-0.2, -0.15) is 9.65 Å². The van der Waals surface area contributed by atoms with Crippen molar-refractivity contribution in [3.8, 4) is 6.07 Å². The van der Waals surface area contributed by atoms with Gasteiger partial charge in [-0.25, -0.2) is 4.98 Å². The number of fused-ring (bicyclic) bond motifs is 1. The van der Waals surface area contributed by atoms with Gasteiger partial charge in [-0.1, -0.05) is 12.1 Å². The Bertz CT molecular complexity index is 1830. The largest absolute Gasteiger partial charge is 0.370 e. The number of nitriles is 1. The number of carbonyl (C=O) groups excluding carboxylic acids is 3. The number of thiophene rings is 1. The molecule has 1 atom stereocenters. The maximum absolute atomic E-state index is 13.9. The van der Waals surface area contributed by atoms with Crippen LogP contribution in [0.3, 0.4) is 0 Å². The van der Waals surface area contributed by atoms with Gasteiger partial charge in [-0.3, -0.25) is 19.7 Å². The molecule has 3 amide bonds. The number of amides is 3. The van der Waals surface area contributed by atoms with Crippen LogP contribution in [0.15, 0.2) is 72.7 Å². The number of hydrogen-bond donors (Lipinski definition) is 3. The third-order valence-electron chi connectivity index (χ3n) is 6.66. The highest BCUT2D eigenvalue weighted by molar-refractivity contribution is 7.15. The van der Waals surface area contributed by atoms with E-state index in [1.54, 1.807) is 60.1 Å². The van der Waals surface area contributed by atoms with Gasteiger partial charge >= 0.3 is 0 Å². The zero-order chi connectivity index (χ0) is 30.0. The summed E-state index contributed by atoms with van der Waals surface area (Å²) in [6.07, 6.45) is 3.28. The van der Waals surface area contributed by atoms with Crippen molar-refractivity contribution in [3.05, 3.63) is 93.6 Å². The molecule has 0 saturated carbocycles. The number of nitrogens with one attached hydrogen (secondary N) is 2. The van der Waals surface area contributed by atoms with Crippen molar-refractivity contribution in [3.63, 3.8) is 0 Å². The number of rotatable bonds is 8. The summed E-state index contributed by atoms with van der Waals surface area (Å²) < 4.78 is 15.6. The molecule has 2 aromatic heterocycles. The van der Waals surface area contributed by atoms with Gasteiger partial charge in [-0.15, -0.1) is 11.3 Å². The Balaban J connectivity index is 1.43. The van der Waals surface area contributed by atoms with Crippen LogP contribution in [0.1, 0.15) is 43.8 Å². The second-order valence-corrected chi connectivity index (χ2v) is 10.8. The second kappa shape index (κ2) is 11.7. The van der Waals surface area contributed by atoms with Crippen LogP contribution >= 0.6 is 11.3 Å². The number of nitrogens with two attached hydrogens (primary N) is 1. The van der Waals surface area contributed by atoms with Gasteiger partial charge in [0.05, 0.1) is 27.5 Å². The summed E-state index contributed by atoms with van der Waals surface area (Å²) in [5.74, 6) is -1.47. The van der Waals surface area contributed by atoms with Crippen molar-refractivity contribution in [2.24, 2.45) is 5.73 Å². The Morgan fingerprint density at radius 3 is 2.76 bits per heavy atom. The van der Waals surface area contributed by atoms with Crippen LogP contribution in [0.25, 0.3) is 16.6 Å². The molecule has 10 nitrogen and oxygen atoms in total. The summed E-state index contributed by atoms with van der Waals surface area (Å²) in [7, 11) is 1.61. The van der Waals surface area contributed by atoms with Crippen LogP contribution in [-0.2, 0) is 11.3 Å². The number of benzene rings is 2. The van der Waals surface area contributed by atoms with Gasteiger partial charge in [0.2, 0.25) is 11.9 Å². The summed E-state index contributed by atoms with van der Waals surface area (Å²) >= 11 is 1.22. The molecule has 2 aromatic carbocycles. The first-order chi connectivity index (χ1) is 20.1. The first-order valence-electron chi connectivity index (χ1n) is 13.0. The van der Waals surface area contributed by atoms with E-state index in [9.17, 15) is 24.0 Å². The van der Waals surface area contributed by atoms with Crippen molar-refractivity contribution in [1.29, 1.82) is 5.26 Å². The molecule has 12 heteroatoms. The fraction of sp³-hybridized carbons (Fsp3) is 0.167. The number of anilines is 2. The normalized spacial score (nSPS) is 14.4. The molecule has 4 N–H and O–H groups in total. The Kier molecular flexibility index (Phi) is 7.86. The van der Waals surface area contributed by atoms with Crippen molar-refractivity contribution in [2.75, 3.05) is 17.3 Å². The number of dihydropyridines is 1. The molecule has 0 radical (unpaired) electrons. The van der Waals surface area contributed by atoms with Gasteiger partial charge < -0.3 is 20.5 Å². The lowest BCUT2D eigenvalue weighted by molar-refractivity contribution is -0.118. The molecule has 1 aliphatic rings. The SMILES string of the molecule is CC1C=C(c2ccc(C(=O)Nc3nc4cc(N(C)C(=O)c5cccc(C#N)c5)ccc4n3CCC(N)=O)s2)C=C(F)N1. The highest BCUT2D eigenvalue weighted by Gasteiger charge is 2.20. The van der Waals surface area contributed by atoms with E-state index < -0.39 is 17.8 Å². The maximum Gasteiger partial charge on any atom is 0.268 e. The summed E-state index contributed by atoms with van der Waals surface area (Å²) in [6, 6.07) is 16.9. The lowest BCUT2D eigenvalue weighted by atomic mass is 10.1. The van der Waals surface area contributed by atoms with Gasteiger partial charge in [0.25, 0.3) is 11.8 Å². The van der Waals surface area contributed by atoms with E-state index in [-0.39, 0.29) is 30.9 Å². The topological polar surface area (TPSA) is 146 Å². The van der Waals surface area contributed by atoms with Crippen molar-refractivity contribution < 1.29 is 18.8 Å². The van der Waals surface area contributed by atoms with E-state index in [4.69, 9.17) is 5.73 Å². The third kappa shape index (κ3) is 5.91. The third-order valence-corrected chi connectivity index (χ3v) is 7.79. The Hall–Kier alpha value is -5.28. The van der Waals surface area contributed by atoms with Crippen molar-refractivity contribution in [2.45, 2.75) is 25.9 Å². The Morgan fingerprint density at radius 2 is 2.02 bits per heavy atom. The molecule has 0 saturated heterocycles. The van der Waals surface area contributed by atoms with Gasteiger partial charge in [-0.05, 0) is 67.1 Å². The Morgan fingerprint density at radius 1 is 1.21 bits per heavy atom. The lowest BCUT2D eigenvalue weighted by Crippen LogP contribution is -2.26. The van der Waals surface area contributed by atoms with Gasteiger partial charge in [0.15, 0.2) is 5.95 Å². The highest BCUT2D eigenvalue weighted by atomic mass is 32.1. The molecule has 3 heterocycles. The van der Waals surface area contributed by atoms with E-state index in [1.165, 1.54) is 28.4 Å². The molecular weight excluding hydrogens is 557 g/mol. The summed E-state index contributed by atoms with van der Waals surface area (Å²) in [6.45, 7) is 2.00. The van der Waals surface area contributed by atoms with Gasteiger partial charge in [0.1, 0.15) is 0 Å². The average Bonchev–Trinajstić information content (AvgIpc) is 3.59. The van der Waals surface area contributed by atoms with E-state index in [0.717, 1.165) is 4.88 Å². The number of nitrogens with zero attached hydrogens (tertiary/aromatic N) is 4. The molecule has 0 spiro atoms. The molecule has 1 unspecified atom stereocenters. The van der Waals surface area contributed by atoms with Crippen LogP contribution in [0.5, 0.6) is 0 Å². The van der Waals surface area contributed by atoms with Crippen LogP contribution < -0.4 is 21.3 Å². The standard InChI is InChI=1S/C30H26FN7O3S/c1-17-12-20(14-26(31)34-17)24-8-9-25(42-24)28(40)36-30-35-22-15-21(6-7-23(22)38(30)11-10-27(33)39)37(2)29(41)19-5-3-4-18(13-19)16-32/h3-9,12-15,17,34H,10-11H2,1-2H3,(H2,33,39)(H,35,36,40). The summed E-state index contributed by atoms with van der Waals surface area (Å²) in [4.78, 5) is 45.1. The number of halogens is 1. The van der Waals surface area contributed by atoms with E-state index in [1.807, 2.05) is 19.1 Å². The van der Waals surface area contributed by atoms with E-state index >= 15 is 0 Å². The minimum atomic E-state index is -0.511. The fourth-order valence-electron chi connectivity index (χ4n) is 4.59. The monoisotopic (exact) mass is 583 g/mol. The predicted molar refractivity (Wildman–Crippen MR) is 159 cm³/mol. The molecular formula is C30H26FN7O3S. The number of aromatic nitrogens is 2. The number of imidazole rings is 1. The predicted octanol–water partition coefficient (Wildman–Crippen LogP) is 4.56. The minimum Gasteiger partial charge on any atom is -0.370 e. The van der Waals surface area contributed by atoms with Crippen LogP contribution in [0, 0.1) is 11.3 Å².